The van der Waals surface area contributed by atoms with Gasteiger partial charge in [0.25, 0.3) is 0 Å². The number of nitrogens with zero attached hydrogens (tertiary/aromatic N) is 2. The fourth-order valence-electron chi connectivity index (χ4n) is 3.03. The highest BCUT2D eigenvalue weighted by Gasteiger charge is 2.25. The number of ether oxygens (including phenoxy) is 1. The van der Waals surface area contributed by atoms with E-state index in [0.717, 1.165) is 31.3 Å². The molecule has 1 aliphatic rings. The average molecular weight is 477 g/mol. The minimum absolute atomic E-state index is 0. The molecule has 1 aromatic rings. The van der Waals surface area contributed by atoms with Crippen molar-refractivity contribution in [2.45, 2.75) is 31.9 Å². The van der Waals surface area contributed by atoms with Gasteiger partial charge >= 0.3 is 0 Å². The smallest absolute Gasteiger partial charge is 0.193 e. The number of halogens is 1. The fourth-order valence-corrected chi connectivity index (χ4v) is 4.33. The molecule has 1 heterocycles. The number of methoxy groups -OCH3 is 1. The number of aliphatic imine (C=N–C) groups is 1. The van der Waals surface area contributed by atoms with Gasteiger partial charge in [-0.25, -0.2) is 0 Å². The minimum atomic E-state index is 0. The van der Waals surface area contributed by atoms with E-state index in [1.54, 1.807) is 7.11 Å². The number of thioether (sulfide) groups is 1. The van der Waals surface area contributed by atoms with Crippen LogP contribution in [0.1, 0.15) is 32.3 Å². The molecule has 2 rings (SSSR count). The molecule has 0 bridgehead atoms. The topological polar surface area (TPSA) is 36.9 Å². The van der Waals surface area contributed by atoms with Crippen molar-refractivity contribution in [2.24, 2.45) is 10.9 Å². The summed E-state index contributed by atoms with van der Waals surface area (Å²) in [5.74, 6) is 4.20. The molecule has 0 spiro atoms. The molecule has 1 saturated heterocycles. The van der Waals surface area contributed by atoms with Crippen molar-refractivity contribution in [1.82, 2.24) is 10.2 Å². The lowest BCUT2D eigenvalue weighted by Crippen LogP contribution is -2.49. The lowest BCUT2D eigenvalue weighted by atomic mass is 10.0. The first-order valence-corrected chi connectivity index (χ1v) is 9.81. The summed E-state index contributed by atoms with van der Waals surface area (Å²) in [7, 11) is 3.61. The Kier molecular flexibility index (Phi) is 10.0. The van der Waals surface area contributed by atoms with Crippen molar-refractivity contribution >= 4 is 41.7 Å². The number of rotatable bonds is 5. The van der Waals surface area contributed by atoms with Crippen molar-refractivity contribution in [2.75, 3.05) is 39.5 Å². The molecule has 1 aliphatic heterocycles. The number of para-hydroxylation sites is 1. The highest BCUT2D eigenvalue weighted by Crippen LogP contribution is 2.26. The van der Waals surface area contributed by atoms with Gasteiger partial charge in [0.05, 0.1) is 7.11 Å². The third kappa shape index (κ3) is 6.24. The van der Waals surface area contributed by atoms with Crippen LogP contribution in [0, 0.1) is 5.92 Å². The Bertz CT molecular complexity index is 553. The van der Waals surface area contributed by atoms with Gasteiger partial charge in [-0.1, -0.05) is 39.0 Å². The third-order valence-electron chi connectivity index (χ3n) is 4.58. The van der Waals surface area contributed by atoms with Crippen molar-refractivity contribution in [1.29, 1.82) is 0 Å². The Morgan fingerprint density at radius 2 is 2.08 bits per heavy atom. The Morgan fingerprint density at radius 3 is 2.72 bits per heavy atom. The molecule has 0 radical (unpaired) electrons. The first-order chi connectivity index (χ1) is 11.6. The van der Waals surface area contributed by atoms with Gasteiger partial charge in [-0.15, -0.1) is 24.0 Å². The molecule has 2 unspecified atom stereocenters. The second-order valence-corrected chi connectivity index (χ2v) is 8.02. The van der Waals surface area contributed by atoms with E-state index in [4.69, 9.17) is 4.74 Å². The second-order valence-electron chi connectivity index (χ2n) is 6.67. The monoisotopic (exact) mass is 477 g/mol. The molecule has 1 aromatic carbocycles. The van der Waals surface area contributed by atoms with Gasteiger partial charge in [0, 0.05) is 43.6 Å². The van der Waals surface area contributed by atoms with E-state index < -0.39 is 0 Å². The van der Waals surface area contributed by atoms with Gasteiger partial charge in [0.15, 0.2) is 5.96 Å². The minimum Gasteiger partial charge on any atom is -0.496 e. The quantitative estimate of drug-likeness (QED) is 0.394. The first kappa shape index (κ1) is 22.4. The molecule has 4 nitrogen and oxygen atoms in total. The summed E-state index contributed by atoms with van der Waals surface area (Å²) in [5.41, 5.74) is 1.23. The van der Waals surface area contributed by atoms with Crippen LogP contribution in [0.5, 0.6) is 5.75 Å². The summed E-state index contributed by atoms with van der Waals surface area (Å²) >= 11 is 2.09. The molecule has 1 fully saturated rings. The van der Waals surface area contributed by atoms with E-state index in [9.17, 15) is 0 Å². The molecule has 1 N–H and O–H groups in total. The van der Waals surface area contributed by atoms with Crippen LogP contribution in [0.4, 0.5) is 0 Å². The molecule has 0 aliphatic carbocycles. The summed E-state index contributed by atoms with van der Waals surface area (Å²) in [6, 6.07) is 8.24. The van der Waals surface area contributed by atoms with Crippen LogP contribution in [-0.4, -0.2) is 55.7 Å². The SMILES string of the molecule is CN=C(NCC(C)c1ccccc1OC)N1CCSC(C(C)C)C1.I. The summed E-state index contributed by atoms with van der Waals surface area (Å²) < 4.78 is 5.49. The molecular formula is C19H32IN3OS. The van der Waals surface area contributed by atoms with Crippen molar-refractivity contribution in [3.05, 3.63) is 29.8 Å². The average Bonchev–Trinajstić information content (AvgIpc) is 2.62. The second kappa shape index (κ2) is 11.2. The van der Waals surface area contributed by atoms with Crippen molar-refractivity contribution < 1.29 is 4.74 Å². The van der Waals surface area contributed by atoms with Crippen LogP contribution < -0.4 is 10.1 Å². The number of hydrogen-bond donors (Lipinski definition) is 1. The molecule has 0 saturated carbocycles. The number of nitrogens with one attached hydrogen (secondary N) is 1. The van der Waals surface area contributed by atoms with Crippen LogP contribution in [0.15, 0.2) is 29.3 Å². The maximum absolute atomic E-state index is 5.49. The third-order valence-corrected chi connectivity index (χ3v) is 6.12. The lowest BCUT2D eigenvalue weighted by Gasteiger charge is -2.36. The largest absolute Gasteiger partial charge is 0.496 e. The van der Waals surface area contributed by atoms with E-state index >= 15 is 0 Å². The van der Waals surface area contributed by atoms with E-state index in [-0.39, 0.29) is 24.0 Å². The zero-order valence-corrected chi connectivity index (χ0v) is 19.1. The van der Waals surface area contributed by atoms with Gasteiger partial charge < -0.3 is 15.0 Å². The lowest BCUT2D eigenvalue weighted by molar-refractivity contribution is 0.379. The molecule has 0 aromatic heterocycles. The fraction of sp³-hybridized carbons (Fsp3) is 0.632. The summed E-state index contributed by atoms with van der Waals surface area (Å²) in [6.07, 6.45) is 0. The predicted molar refractivity (Wildman–Crippen MR) is 121 cm³/mol. The maximum atomic E-state index is 5.49. The van der Waals surface area contributed by atoms with Crippen LogP contribution in [0.2, 0.25) is 0 Å². The highest BCUT2D eigenvalue weighted by molar-refractivity contribution is 14.0. The van der Waals surface area contributed by atoms with Crippen LogP contribution in [0.25, 0.3) is 0 Å². The summed E-state index contributed by atoms with van der Waals surface area (Å²) in [4.78, 5) is 6.90. The molecule has 142 valence electrons. The van der Waals surface area contributed by atoms with Crippen LogP contribution in [0.3, 0.4) is 0 Å². The van der Waals surface area contributed by atoms with E-state index in [0.29, 0.717) is 17.1 Å². The molecular weight excluding hydrogens is 445 g/mol. The van der Waals surface area contributed by atoms with E-state index in [2.05, 4.69) is 59.9 Å². The Hall–Kier alpha value is -0.630. The molecule has 0 amide bonds. The molecule has 6 heteroatoms. The summed E-state index contributed by atoms with van der Waals surface area (Å²) in [6.45, 7) is 9.83. The molecule has 25 heavy (non-hydrogen) atoms. The Morgan fingerprint density at radius 1 is 1.36 bits per heavy atom. The summed E-state index contributed by atoms with van der Waals surface area (Å²) in [5, 5.41) is 4.24. The predicted octanol–water partition coefficient (Wildman–Crippen LogP) is 4.07. The number of benzene rings is 1. The van der Waals surface area contributed by atoms with Gasteiger partial charge in [-0.3, -0.25) is 4.99 Å². The Balaban J connectivity index is 0.00000312. The normalized spacial score (nSPS) is 19.4. The first-order valence-electron chi connectivity index (χ1n) is 8.77. The van der Waals surface area contributed by atoms with Gasteiger partial charge in [-0.05, 0) is 17.5 Å². The van der Waals surface area contributed by atoms with Crippen molar-refractivity contribution in [3.8, 4) is 5.75 Å². The van der Waals surface area contributed by atoms with Gasteiger partial charge in [-0.2, -0.15) is 11.8 Å². The maximum Gasteiger partial charge on any atom is 0.193 e. The highest BCUT2D eigenvalue weighted by atomic mass is 127. The van der Waals surface area contributed by atoms with Gasteiger partial charge in [0.1, 0.15) is 5.75 Å². The number of guanidine groups is 1. The zero-order chi connectivity index (χ0) is 17.5. The van der Waals surface area contributed by atoms with Crippen LogP contribution in [-0.2, 0) is 0 Å². The van der Waals surface area contributed by atoms with Gasteiger partial charge in [0.2, 0.25) is 0 Å². The van der Waals surface area contributed by atoms with E-state index in [1.165, 1.54) is 11.3 Å². The van der Waals surface area contributed by atoms with Crippen molar-refractivity contribution in [3.63, 3.8) is 0 Å². The zero-order valence-electron chi connectivity index (χ0n) is 16.0. The Labute approximate surface area is 174 Å². The standard InChI is InChI=1S/C19H31N3OS.HI/c1-14(2)18-13-22(10-11-24-18)19(20-4)21-12-15(3)16-8-6-7-9-17(16)23-5;/h6-9,14-15,18H,10-13H2,1-5H3,(H,20,21);1H. The van der Waals surface area contributed by atoms with Crippen LogP contribution >= 0.6 is 35.7 Å². The van der Waals surface area contributed by atoms with E-state index in [1.807, 2.05) is 19.2 Å². The molecule has 2 atom stereocenters. The number of hydrogen-bond acceptors (Lipinski definition) is 3.